The van der Waals surface area contributed by atoms with Crippen molar-refractivity contribution in [3.05, 3.63) is 52.1 Å². The molecule has 0 radical (unpaired) electrons. The molecule has 0 aliphatic carbocycles. The largest absolute Gasteiger partial charge is 0.480 e. The van der Waals surface area contributed by atoms with Gasteiger partial charge in [0.25, 0.3) is 11.5 Å². The summed E-state index contributed by atoms with van der Waals surface area (Å²) in [6.45, 7) is 7.78. The smallest absolute Gasteiger partial charge is 0.326 e. The van der Waals surface area contributed by atoms with Crippen molar-refractivity contribution in [2.45, 2.75) is 238 Å². The second-order valence-corrected chi connectivity index (χ2v) is 22.7. The number of carboxylic acid groups (broad SMARTS) is 2. The van der Waals surface area contributed by atoms with Crippen LogP contribution < -0.4 is 32.6 Å². The number of anilines is 2. The number of ketones is 1. The molecule has 0 aliphatic heterocycles. The van der Waals surface area contributed by atoms with Gasteiger partial charge < -0.3 is 60.9 Å². The molecule has 0 aliphatic rings. The number of benzene rings is 1. The lowest BCUT2D eigenvalue weighted by molar-refractivity contribution is -0.142. The monoisotopic (exact) mass is 1240 g/mol. The van der Waals surface area contributed by atoms with Gasteiger partial charge in [0, 0.05) is 63.3 Å². The van der Waals surface area contributed by atoms with E-state index >= 15 is 0 Å². The molecule has 1 aromatic carbocycles. The minimum atomic E-state index is -1.28. The van der Waals surface area contributed by atoms with Crippen LogP contribution in [-0.2, 0) is 54.2 Å². The predicted octanol–water partition coefficient (Wildman–Crippen LogP) is 9.93. The molecule has 3 amide bonds. The number of nitrogens with zero attached hydrogens (tertiary/aromatic N) is 3. The zero-order chi connectivity index (χ0) is 63.7. The van der Waals surface area contributed by atoms with Crippen molar-refractivity contribution in [1.29, 1.82) is 0 Å². The number of amides is 3. The van der Waals surface area contributed by atoms with E-state index in [0.717, 1.165) is 25.7 Å². The highest BCUT2D eigenvalue weighted by molar-refractivity contribution is 5.97. The summed E-state index contributed by atoms with van der Waals surface area (Å²) in [5, 5.41) is 30.5. The number of unbranched alkanes of at least 4 members (excludes halogenated alkanes) is 22. The molecular formula is C65H107N9O14. The van der Waals surface area contributed by atoms with E-state index in [-0.39, 0.29) is 132 Å². The second kappa shape index (κ2) is 49.7. The molecule has 23 nitrogen and oxygen atoms in total. The lowest BCUT2D eigenvalue weighted by Crippen LogP contribution is -2.42. The zero-order valence-electron chi connectivity index (χ0n) is 53.0. The third-order valence-corrected chi connectivity index (χ3v) is 15.0. The van der Waals surface area contributed by atoms with E-state index in [4.69, 9.17) is 29.4 Å². The minimum Gasteiger partial charge on any atom is -0.480 e. The molecule has 1 unspecified atom stereocenters. The molecule has 0 bridgehead atoms. The number of nitrogens with one attached hydrogen (secondary N) is 5. The third-order valence-electron chi connectivity index (χ3n) is 15.0. The number of nitrogen functional groups attached to an aromatic ring is 1. The van der Waals surface area contributed by atoms with Gasteiger partial charge in [0.15, 0.2) is 11.2 Å². The highest BCUT2D eigenvalue weighted by atomic mass is 16.5. The van der Waals surface area contributed by atoms with Crippen LogP contribution in [0.25, 0.3) is 11.2 Å². The first-order chi connectivity index (χ1) is 42.8. The number of nitrogens with two attached hydrogens (primary N) is 1. The van der Waals surface area contributed by atoms with Crippen molar-refractivity contribution in [1.82, 2.24) is 35.9 Å². The standard InChI is InChI=1S/C65H107N9O14/c1-3-5-7-9-11-13-15-17-19-21-23-25-38-87-49-54(88-40-26-24-22-20-18-16-14-12-10-8-6-4-2)48-68-57(76)36-35-55(63(80)81)71-58(77)37-41-85-43-45-86-44-42-84-39-27-28-53(75)33-34-56(64(82)83)72-61(78)50-29-31-51(32-30-50)67-46-52-47-69-60-59(70-52)62(79)74-65(66)73-60/h29-32,47,54-56,67H,3-28,33-46,48-49H2,1-2H3,(H,68,76)(H,71,77)(H,72,78)(H,80,81)(H,82,83)(H3,66,69,73,74,79)/t54?,55-,56-/m0/s1. The van der Waals surface area contributed by atoms with Gasteiger partial charge in [-0.3, -0.25) is 29.0 Å². The number of fused-ring (bicyclic) bond motifs is 1. The van der Waals surface area contributed by atoms with Crippen molar-refractivity contribution >= 4 is 58.2 Å². The van der Waals surface area contributed by atoms with Gasteiger partial charge in [-0.15, -0.1) is 0 Å². The molecule has 2 heterocycles. The molecule has 9 N–H and O–H groups in total. The molecule has 0 saturated carbocycles. The summed E-state index contributed by atoms with van der Waals surface area (Å²) in [6, 6.07) is 3.77. The Morgan fingerprint density at radius 2 is 1.07 bits per heavy atom. The van der Waals surface area contributed by atoms with E-state index < -0.39 is 41.4 Å². The first-order valence-corrected chi connectivity index (χ1v) is 32.9. The van der Waals surface area contributed by atoms with Gasteiger partial charge in [-0.25, -0.2) is 19.6 Å². The second-order valence-electron chi connectivity index (χ2n) is 22.7. The summed E-state index contributed by atoms with van der Waals surface area (Å²) in [5.74, 6) is -4.20. The number of aromatic amines is 1. The Morgan fingerprint density at radius 3 is 1.65 bits per heavy atom. The van der Waals surface area contributed by atoms with Crippen LogP contribution in [0.3, 0.4) is 0 Å². The summed E-state index contributed by atoms with van der Waals surface area (Å²) >= 11 is 0. The highest BCUT2D eigenvalue weighted by Crippen LogP contribution is 2.16. The fourth-order valence-corrected chi connectivity index (χ4v) is 9.73. The van der Waals surface area contributed by atoms with E-state index in [1.807, 2.05) is 0 Å². The quantitative estimate of drug-likeness (QED) is 0.0244. The number of H-pyrrole nitrogens is 1. The molecule has 2 aromatic heterocycles. The van der Waals surface area contributed by atoms with E-state index in [1.165, 1.54) is 147 Å². The minimum absolute atomic E-state index is 0.0358. The van der Waals surface area contributed by atoms with Crippen LogP contribution in [0.1, 0.15) is 229 Å². The SMILES string of the molecule is CCCCCCCCCCCCCCOCC(CNC(=O)CC[C@H](NC(=O)CCOCCOCCOCCCC(=O)CC[C@H](NC(=O)c1ccc(NCc2cnc3nc(N)[nH]c(=O)c3n2)cc1)C(=O)O)C(=O)O)OCCCCCCCCCCCCCC. The zero-order valence-corrected chi connectivity index (χ0v) is 53.0. The summed E-state index contributed by atoms with van der Waals surface area (Å²) in [6.07, 6.45) is 31.6. The summed E-state index contributed by atoms with van der Waals surface area (Å²) < 4.78 is 28.8. The van der Waals surface area contributed by atoms with Crippen LogP contribution in [0.4, 0.5) is 11.6 Å². The van der Waals surface area contributed by atoms with Gasteiger partial charge in [0.05, 0.1) is 64.2 Å². The molecular weight excluding hydrogens is 1130 g/mol. The molecule has 0 saturated heterocycles. The number of aliphatic carboxylic acids is 2. The van der Waals surface area contributed by atoms with Crippen LogP contribution in [0.2, 0.25) is 0 Å². The van der Waals surface area contributed by atoms with Crippen LogP contribution in [-0.4, -0.2) is 150 Å². The van der Waals surface area contributed by atoms with Crippen LogP contribution in [0.15, 0.2) is 35.3 Å². The molecule has 0 fully saturated rings. The lowest BCUT2D eigenvalue weighted by atomic mass is 10.1. The average molecular weight is 1240 g/mol. The number of hydrogen-bond donors (Lipinski definition) is 8. The molecule has 3 atom stereocenters. The fraction of sp³-hybridized carbons (Fsp3) is 0.723. The van der Waals surface area contributed by atoms with E-state index in [2.05, 4.69) is 55.1 Å². The van der Waals surface area contributed by atoms with Crippen LogP contribution in [0, 0.1) is 0 Å². The normalized spacial score (nSPS) is 12.4. The predicted molar refractivity (Wildman–Crippen MR) is 340 cm³/mol. The molecule has 23 heteroatoms. The fourth-order valence-electron chi connectivity index (χ4n) is 9.73. The maximum Gasteiger partial charge on any atom is 0.326 e. The van der Waals surface area contributed by atoms with Gasteiger partial charge in [-0.05, 0) is 56.4 Å². The van der Waals surface area contributed by atoms with Gasteiger partial charge >= 0.3 is 11.9 Å². The molecule has 496 valence electrons. The van der Waals surface area contributed by atoms with E-state index in [0.29, 0.717) is 37.6 Å². The Hall–Kier alpha value is -6.14. The Morgan fingerprint density at radius 1 is 0.557 bits per heavy atom. The number of Topliss-reactive ketones (excluding diaryl/α,β-unsaturated/α-hetero) is 1. The first-order valence-electron chi connectivity index (χ1n) is 32.9. The molecule has 3 aromatic rings. The number of carboxylic acids is 2. The van der Waals surface area contributed by atoms with Gasteiger partial charge in [0.2, 0.25) is 17.8 Å². The Labute approximate surface area is 521 Å². The Balaban J connectivity index is 1.21. The summed E-state index contributed by atoms with van der Waals surface area (Å²) in [4.78, 5) is 102. The Kier molecular flexibility index (Phi) is 43.0. The van der Waals surface area contributed by atoms with Gasteiger partial charge in [0.1, 0.15) is 17.9 Å². The summed E-state index contributed by atoms with van der Waals surface area (Å²) in [7, 11) is 0. The van der Waals surface area contributed by atoms with Crippen molar-refractivity contribution in [3.8, 4) is 0 Å². The van der Waals surface area contributed by atoms with Crippen LogP contribution >= 0.6 is 0 Å². The Bertz CT molecular complexity index is 2450. The maximum atomic E-state index is 12.9. The molecule has 88 heavy (non-hydrogen) atoms. The van der Waals surface area contributed by atoms with Crippen molar-refractivity contribution in [3.63, 3.8) is 0 Å². The first kappa shape index (κ1) is 76.1. The number of ether oxygens (including phenoxy) is 5. The average Bonchev–Trinajstić information content (AvgIpc) is 3.13. The third kappa shape index (κ3) is 37.6. The van der Waals surface area contributed by atoms with Crippen molar-refractivity contribution in [2.24, 2.45) is 0 Å². The van der Waals surface area contributed by atoms with Crippen molar-refractivity contribution < 1.29 is 62.7 Å². The number of rotatable bonds is 58. The van der Waals surface area contributed by atoms with E-state index in [1.54, 1.807) is 12.1 Å². The summed E-state index contributed by atoms with van der Waals surface area (Å²) in [5.41, 5.74) is 6.51. The van der Waals surface area contributed by atoms with Gasteiger partial charge in [-0.2, -0.15) is 4.98 Å². The number of carbonyl (C=O) groups excluding carboxylic acids is 4. The number of carbonyl (C=O) groups is 6. The van der Waals surface area contributed by atoms with Crippen molar-refractivity contribution in [2.75, 3.05) is 77.1 Å². The lowest BCUT2D eigenvalue weighted by Gasteiger charge is -2.19. The topological polar surface area (TPSA) is 335 Å². The maximum absolute atomic E-state index is 12.9. The van der Waals surface area contributed by atoms with E-state index in [9.17, 15) is 43.8 Å². The number of aromatic nitrogens is 4. The van der Waals surface area contributed by atoms with Gasteiger partial charge in [-0.1, -0.05) is 155 Å². The number of hydrogen-bond acceptors (Lipinski definition) is 17. The van der Waals surface area contributed by atoms with Crippen LogP contribution in [0.5, 0.6) is 0 Å². The molecule has 3 rings (SSSR count). The highest BCUT2D eigenvalue weighted by Gasteiger charge is 2.23. The molecule has 0 spiro atoms.